The molecule has 0 bridgehead atoms. The number of hydrogen-bond acceptors (Lipinski definition) is 3. The van der Waals surface area contributed by atoms with E-state index in [-0.39, 0.29) is 12.3 Å². The quantitative estimate of drug-likeness (QED) is 0.925. The molecule has 2 aromatic carbocycles. The van der Waals surface area contributed by atoms with E-state index in [1.54, 1.807) is 0 Å². The first-order valence-electron chi connectivity index (χ1n) is 6.65. The van der Waals surface area contributed by atoms with Gasteiger partial charge in [0.25, 0.3) is 0 Å². The number of nitrogens with one attached hydrogen (secondary N) is 1. The molecule has 0 unspecified atom stereocenters. The van der Waals surface area contributed by atoms with Crippen molar-refractivity contribution in [3.05, 3.63) is 52.5 Å². The fourth-order valence-corrected chi connectivity index (χ4v) is 2.52. The van der Waals surface area contributed by atoms with Crippen molar-refractivity contribution in [1.82, 2.24) is 0 Å². The van der Waals surface area contributed by atoms with Crippen molar-refractivity contribution in [1.29, 1.82) is 0 Å². The van der Waals surface area contributed by atoms with E-state index >= 15 is 0 Å². The Morgan fingerprint density at radius 3 is 2.67 bits per heavy atom. The molecule has 5 heteroatoms. The summed E-state index contributed by atoms with van der Waals surface area (Å²) in [4.78, 5) is 12.1. The van der Waals surface area contributed by atoms with Gasteiger partial charge in [-0.3, -0.25) is 4.79 Å². The number of benzene rings is 2. The van der Waals surface area contributed by atoms with Crippen LogP contribution in [-0.4, -0.2) is 19.1 Å². The Morgan fingerprint density at radius 2 is 1.86 bits per heavy atom. The highest BCUT2D eigenvalue weighted by Gasteiger charge is 2.13. The number of ether oxygens (including phenoxy) is 2. The Labute approximate surface area is 131 Å². The molecule has 0 aromatic heterocycles. The van der Waals surface area contributed by atoms with Crippen LogP contribution in [0.15, 0.2) is 46.9 Å². The summed E-state index contributed by atoms with van der Waals surface area (Å²) in [6, 6.07) is 13.1. The molecule has 108 valence electrons. The molecule has 4 nitrogen and oxygen atoms in total. The topological polar surface area (TPSA) is 47.6 Å². The second kappa shape index (κ2) is 6.18. The van der Waals surface area contributed by atoms with Crippen LogP contribution in [0.3, 0.4) is 0 Å². The number of carbonyl (C=O) groups is 1. The van der Waals surface area contributed by atoms with Gasteiger partial charge in [0.2, 0.25) is 5.91 Å². The predicted molar refractivity (Wildman–Crippen MR) is 83.9 cm³/mol. The van der Waals surface area contributed by atoms with Crippen molar-refractivity contribution >= 4 is 27.5 Å². The average Bonchev–Trinajstić information content (AvgIpc) is 2.49. The van der Waals surface area contributed by atoms with Crippen molar-refractivity contribution < 1.29 is 14.3 Å². The van der Waals surface area contributed by atoms with Crippen LogP contribution >= 0.6 is 15.9 Å². The summed E-state index contributed by atoms with van der Waals surface area (Å²) >= 11 is 3.41. The zero-order valence-electron chi connectivity index (χ0n) is 11.3. The summed E-state index contributed by atoms with van der Waals surface area (Å²) in [6.07, 6.45) is 0.290. The Hall–Kier alpha value is -2.01. The average molecular weight is 348 g/mol. The van der Waals surface area contributed by atoms with Crippen LogP contribution < -0.4 is 14.8 Å². The van der Waals surface area contributed by atoms with E-state index in [4.69, 9.17) is 9.47 Å². The van der Waals surface area contributed by atoms with Gasteiger partial charge in [0.1, 0.15) is 13.2 Å². The van der Waals surface area contributed by atoms with E-state index in [0.29, 0.717) is 19.0 Å². The van der Waals surface area contributed by atoms with Gasteiger partial charge in [0, 0.05) is 4.47 Å². The molecule has 2 aromatic rings. The minimum atomic E-state index is -0.0708. The largest absolute Gasteiger partial charge is 0.486 e. The second-order valence-electron chi connectivity index (χ2n) is 4.68. The van der Waals surface area contributed by atoms with Gasteiger partial charge in [-0.15, -0.1) is 0 Å². The molecule has 1 aliphatic rings. The predicted octanol–water partition coefficient (Wildman–Crippen LogP) is 3.40. The highest BCUT2D eigenvalue weighted by atomic mass is 79.9. The Bertz CT molecular complexity index is 672. The number of para-hydroxylation sites is 1. The molecule has 0 aliphatic carbocycles. The van der Waals surface area contributed by atoms with E-state index in [1.165, 1.54) is 0 Å². The monoisotopic (exact) mass is 347 g/mol. The van der Waals surface area contributed by atoms with Crippen molar-refractivity contribution in [3.63, 3.8) is 0 Å². The van der Waals surface area contributed by atoms with Crippen molar-refractivity contribution in [2.45, 2.75) is 6.42 Å². The number of amides is 1. The highest BCUT2D eigenvalue weighted by Crippen LogP contribution is 2.31. The number of fused-ring (bicyclic) bond motifs is 1. The van der Waals surface area contributed by atoms with Gasteiger partial charge in [-0.05, 0) is 45.8 Å². The number of halogens is 1. The normalized spacial score (nSPS) is 12.8. The summed E-state index contributed by atoms with van der Waals surface area (Å²) in [5.74, 6) is 1.36. The van der Waals surface area contributed by atoms with Crippen molar-refractivity contribution in [2.24, 2.45) is 0 Å². The van der Waals surface area contributed by atoms with Crippen LogP contribution in [0.2, 0.25) is 0 Å². The van der Waals surface area contributed by atoms with Crippen LogP contribution in [0, 0.1) is 0 Å². The fraction of sp³-hybridized carbons (Fsp3) is 0.188. The molecule has 0 radical (unpaired) electrons. The fourth-order valence-electron chi connectivity index (χ4n) is 2.14. The molecule has 0 atom stereocenters. The maximum absolute atomic E-state index is 12.1. The molecule has 21 heavy (non-hydrogen) atoms. The third kappa shape index (κ3) is 3.36. The van der Waals surface area contributed by atoms with Gasteiger partial charge < -0.3 is 14.8 Å². The van der Waals surface area contributed by atoms with E-state index < -0.39 is 0 Å². The molecular weight excluding hydrogens is 334 g/mol. The zero-order valence-corrected chi connectivity index (χ0v) is 12.9. The van der Waals surface area contributed by atoms with Crippen molar-refractivity contribution in [3.8, 4) is 11.5 Å². The van der Waals surface area contributed by atoms with Crippen molar-refractivity contribution in [2.75, 3.05) is 18.5 Å². The van der Waals surface area contributed by atoms with Gasteiger partial charge in [0.05, 0.1) is 12.1 Å². The first kappa shape index (κ1) is 13.9. The van der Waals surface area contributed by atoms with Gasteiger partial charge in [-0.2, -0.15) is 0 Å². The third-order valence-corrected chi connectivity index (χ3v) is 3.81. The standard InChI is InChI=1S/C16H14BrNO3/c17-12-3-1-2-4-13(12)18-16(19)10-11-5-6-14-15(9-11)21-8-7-20-14/h1-6,9H,7-8,10H2,(H,18,19). The summed E-state index contributed by atoms with van der Waals surface area (Å²) in [5, 5.41) is 2.88. The number of rotatable bonds is 3. The van der Waals surface area contributed by atoms with Crippen LogP contribution in [0.5, 0.6) is 11.5 Å². The first-order valence-corrected chi connectivity index (χ1v) is 7.44. The maximum Gasteiger partial charge on any atom is 0.228 e. The number of anilines is 1. The first-order chi connectivity index (χ1) is 10.2. The lowest BCUT2D eigenvalue weighted by atomic mass is 10.1. The van der Waals surface area contributed by atoms with Gasteiger partial charge in [0.15, 0.2) is 11.5 Å². The zero-order chi connectivity index (χ0) is 14.7. The molecule has 1 heterocycles. The molecule has 1 N–H and O–H groups in total. The molecule has 3 rings (SSSR count). The Kier molecular flexibility index (Phi) is 4.10. The van der Waals surface area contributed by atoms with E-state index in [1.807, 2.05) is 42.5 Å². The second-order valence-corrected chi connectivity index (χ2v) is 5.54. The summed E-state index contributed by atoms with van der Waals surface area (Å²) in [6.45, 7) is 1.11. The summed E-state index contributed by atoms with van der Waals surface area (Å²) in [7, 11) is 0. The molecule has 1 aliphatic heterocycles. The molecule has 0 saturated heterocycles. The van der Waals surface area contributed by atoms with Crippen LogP contribution in [0.1, 0.15) is 5.56 Å². The van der Waals surface area contributed by atoms with Crippen LogP contribution in [0.4, 0.5) is 5.69 Å². The van der Waals surface area contributed by atoms with Crippen LogP contribution in [0.25, 0.3) is 0 Å². The lowest BCUT2D eigenvalue weighted by Crippen LogP contribution is -2.17. The minimum Gasteiger partial charge on any atom is -0.486 e. The molecule has 0 fully saturated rings. The van der Waals surface area contributed by atoms with Crippen LogP contribution in [-0.2, 0) is 11.2 Å². The SMILES string of the molecule is O=C(Cc1ccc2c(c1)OCCO2)Nc1ccccc1Br. The molecule has 1 amide bonds. The van der Waals surface area contributed by atoms with Gasteiger partial charge in [-0.1, -0.05) is 18.2 Å². The third-order valence-electron chi connectivity index (χ3n) is 3.12. The molecule has 0 spiro atoms. The smallest absolute Gasteiger partial charge is 0.228 e. The van der Waals surface area contributed by atoms with E-state index in [2.05, 4.69) is 21.2 Å². The lowest BCUT2D eigenvalue weighted by Gasteiger charge is -2.18. The number of carbonyl (C=O) groups excluding carboxylic acids is 1. The molecular formula is C16H14BrNO3. The minimum absolute atomic E-state index is 0.0708. The lowest BCUT2D eigenvalue weighted by molar-refractivity contribution is -0.115. The number of hydrogen-bond donors (Lipinski definition) is 1. The summed E-state index contributed by atoms with van der Waals surface area (Å²) < 4.78 is 11.8. The summed E-state index contributed by atoms with van der Waals surface area (Å²) in [5.41, 5.74) is 1.66. The Morgan fingerprint density at radius 1 is 1.10 bits per heavy atom. The van der Waals surface area contributed by atoms with Gasteiger partial charge >= 0.3 is 0 Å². The Balaban J connectivity index is 1.69. The van der Waals surface area contributed by atoms with E-state index in [9.17, 15) is 4.79 Å². The molecule has 0 saturated carbocycles. The van der Waals surface area contributed by atoms with E-state index in [0.717, 1.165) is 21.5 Å². The highest BCUT2D eigenvalue weighted by molar-refractivity contribution is 9.10. The maximum atomic E-state index is 12.1. The van der Waals surface area contributed by atoms with Gasteiger partial charge in [-0.25, -0.2) is 0 Å².